The Balaban J connectivity index is 1.40. The number of hydrogen-bond donors (Lipinski definition) is 1. The van der Waals surface area contributed by atoms with Gasteiger partial charge in [-0.3, -0.25) is 4.99 Å². The number of amidine groups is 1. The summed E-state index contributed by atoms with van der Waals surface area (Å²) in [4.78, 5) is 25.7. The minimum atomic E-state index is 0.532. The Morgan fingerprint density at radius 1 is 0.968 bits per heavy atom. The van der Waals surface area contributed by atoms with Gasteiger partial charge in [0.1, 0.15) is 5.84 Å². The van der Waals surface area contributed by atoms with E-state index < -0.39 is 0 Å². The van der Waals surface area contributed by atoms with Crippen molar-refractivity contribution in [3.05, 3.63) is 58.8 Å². The molecule has 0 radical (unpaired) electrons. The Bertz CT molecular complexity index is 1090. The van der Waals surface area contributed by atoms with Crippen molar-refractivity contribution >= 4 is 46.4 Å². The second-order valence-electron chi connectivity index (χ2n) is 7.42. The zero-order chi connectivity index (χ0) is 21.0. The molecular formula is C22H23N7S2. The lowest BCUT2D eigenvalue weighted by Gasteiger charge is -2.32. The highest BCUT2D eigenvalue weighted by molar-refractivity contribution is 7.99. The molecule has 0 aliphatic carbocycles. The molecule has 9 heteroatoms. The fraction of sp³-hybridized carbons (Fsp3) is 0.273. The van der Waals surface area contributed by atoms with Gasteiger partial charge in [0.15, 0.2) is 5.16 Å². The van der Waals surface area contributed by atoms with Crippen molar-refractivity contribution in [3.8, 4) is 0 Å². The number of aromatic nitrogens is 3. The number of anilines is 2. The molecule has 0 saturated carbocycles. The molecule has 0 atom stereocenters. The van der Waals surface area contributed by atoms with Gasteiger partial charge in [-0.2, -0.15) is 15.0 Å². The van der Waals surface area contributed by atoms with Crippen LogP contribution in [-0.2, 0) is 0 Å². The number of nitrogens with one attached hydrogen (secondary N) is 1. The number of piperazine rings is 1. The lowest BCUT2D eigenvalue weighted by molar-refractivity contribution is 0.311. The van der Waals surface area contributed by atoms with E-state index in [2.05, 4.69) is 67.9 Å². The van der Waals surface area contributed by atoms with Crippen LogP contribution in [0.3, 0.4) is 0 Å². The maximum atomic E-state index is 4.76. The maximum Gasteiger partial charge on any atom is 0.234 e. The van der Waals surface area contributed by atoms with E-state index in [0.29, 0.717) is 23.6 Å². The second kappa shape index (κ2) is 9.17. The molecule has 31 heavy (non-hydrogen) atoms. The number of nitrogens with zero attached hydrogens (tertiary/aromatic N) is 6. The highest BCUT2D eigenvalue weighted by Gasteiger charge is 2.20. The summed E-state index contributed by atoms with van der Waals surface area (Å²) < 4.78 is 0. The molecule has 1 fully saturated rings. The van der Waals surface area contributed by atoms with E-state index in [0.717, 1.165) is 36.9 Å². The van der Waals surface area contributed by atoms with Gasteiger partial charge in [0.05, 0.1) is 6.54 Å². The first-order valence-electron chi connectivity index (χ1n) is 10.2. The number of thiophene rings is 1. The first-order valence-corrected chi connectivity index (χ1v) is 11.9. The van der Waals surface area contributed by atoms with Gasteiger partial charge >= 0.3 is 0 Å². The molecule has 2 aliphatic rings. The lowest BCUT2D eigenvalue weighted by atomic mass is 10.2. The Kier molecular flexibility index (Phi) is 5.97. The normalized spacial score (nSPS) is 16.9. The van der Waals surface area contributed by atoms with Crippen LogP contribution in [0, 0.1) is 0 Å². The quantitative estimate of drug-likeness (QED) is 0.636. The van der Waals surface area contributed by atoms with E-state index in [1.165, 1.54) is 10.5 Å². The van der Waals surface area contributed by atoms with Crippen LogP contribution in [0.15, 0.2) is 69.0 Å². The van der Waals surface area contributed by atoms with E-state index in [1.54, 1.807) is 23.1 Å². The van der Waals surface area contributed by atoms with Gasteiger partial charge in [-0.05, 0) is 54.0 Å². The van der Waals surface area contributed by atoms with Crippen molar-refractivity contribution in [1.29, 1.82) is 0 Å². The van der Waals surface area contributed by atoms with Crippen LogP contribution in [0.25, 0.3) is 5.57 Å². The molecule has 0 amide bonds. The first kappa shape index (κ1) is 20.2. The smallest absolute Gasteiger partial charge is 0.234 e. The van der Waals surface area contributed by atoms with Crippen LogP contribution in [0.1, 0.15) is 4.88 Å². The number of hydrogen-bond acceptors (Lipinski definition) is 9. The second-order valence-corrected chi connectivity index (χ2v) is 9.41. The molecule has 158 valence electrons. The molecule has 0 unspecified atom stereocenters. The van der Waals surface area contributed by atoms with Crippen LogP contribution in [-0.4, -0.2) is 65.5 Å². The van der Waals surface area contributed by atoms with Gasteiger partial charge in [-0.1, -0.05) is 24.3 Å². The van der Waals surface area contributed by atoms with E-state index in [1.807, 2.05) is 18.2 Å². The van der Waals surface area contributed by atoms with Gasteiger partial charge in [-0.15, -0.1) is 11.3 Å². The van der Waals surface area contributed by atoms with Crippen LogP contribution in [0.5, 0.6) is 0 Å². The summed E-state index contributed by atoms with van der Waals surface area (Å²) in [6.45, 7) is 4.47. The maximum absolute atomic E-state index is 4.76. The third-order valence-electron chi connectivity index (χ3n) is 5.15. The van der Waals surface area contributed by atoms with Gasteiger partial charge in [0, 0.05) is 36.0 Å². The minimum Gasteiger partial charge on any atom is -0.338 e. The van der Waals surface area contributed by atoms with E-state index in [-0.39, 0.29) is 0 Å². The Hall–Kier alpha value is -2.75. The van der Waals surface area contributed by atoms with Crippen LogP contribution in [0.2, 0.25) is 0 Å². The summed E-state index contributed by atoms with van der Waals surface area (Å²) in [5.41, 5.74) is 1.21. The number of rotatable bonds is 5. The third kappa shape index (κ3) is 4.95. The molecule has 3 aromatic rings. The molecule has 0 spiro atoms. The third-order valence-corrected chi connectivity index (χ3v) is 6.97. The van der Waals surface area contributed by atoms with Gasteiger partial charge < -0.3 is 15.1 Å². The molecule has 1 N–H and O–H groups in total. The van der Waals surface area contributed by atoms with E-state index in [9.17, 15) is 0 Å². The molecule has 2 aliphatic heterocycles. The monoisotopic (exact) mass is 449 g/mol. The van der Waals surface area contributed by atoms with Gasteiger partial charge in [0.25, 0.3) is 0 Å². The van der Waals surface area contributed by atoms with Crippen molar-refractivity contribution in [2.75, 3.05) is 50.0 Å². The molecule has 0 bridgehead atoms. The summed E-state index contributed by atoms with van der Waals surface area (Å²) in [7, 11) is 2.14. The van der Waals surface area contributed by atoms with Crippen molar-refractivity contribution in [2.45, 2.75) is 10.1 Å². The highest BCUT2D eigenvalue weighted by Crippen LogP contribution is 2.28. The molecule has 5 rings (SSSR count). The molecule has 1 saturated heterocycles. The summed E-state index contributed by atoms with van der Waals surface area (Å²) in [5.74, 6) is 2.03. The van der Waals surface area contributed by atoms with Crippen LogP contribution in [0.4, 0.5) is 11.9 Å². The average molecular weight is 450 g/mol. The molecule has 2 aromatic heterocycles. The van der Waals surface area contributed by atoms with Crippen molar-refractivity contribution in [3.63, 3.8) is 0 Å². The predicted molar refractivity (Wildman–Crippen MR) is 128 cm³/mol. The van der Waals surface area contributed by atoms with E-state index in [4.69, 9.17) is 9.97 Å². The van der Waals surface area contributed by atoms with Gasteiger partial charge in [-0.25, -0.2) is 0 Å². The SMILES string of the molecule is CN1CCN(c2nc(NC3=NCC(c4cccs4)=C3)nc(Sc3ccccc3)n2)CC1. The van der Waals surface area contributed by atoms with Crippen LogP contribution >= 0.6 is 23.1 Å². The van der Waals surface area contributed by atoms with Crippen molar-refractivity contribution < 1.29 is 0 Å². The Morgan fingerprint density at radius 3 is 2.58 bits per heavy atom. The molecular weight excluding hydrogens is 426 g/mol. The Morgan fingerprint density at radius 2 is 1.81 bits per heavy atom. The standard InChI is InChI=1S/C22H23N7S2/c1-28-9-11-29(12-10-28)21-25-20(26-22(27-21)31-17-6-3-2-4-7-17)24-19-14-16(15-23-19)18-8-5-13-30-18/h2-8,13-14H,9-12,15H2,1H3,(H,23,24,25,26,27). The van der Waals surface area contributed by atoms with Gasteiger partial charge in [0.2, 0.25) is 11.9 Å². The van der Waals surface area contributed by atoms with Crippen LogP contribution < -0.4 is 10.2 Å². The fourth-order valence-corrected chi connectivity index (χ4v) is 4.92. The number of benzene rings is 1. The zero-order valence-corrected chi connectivity index (χ0v) is 18.9. The minimum absolute atomic E-state index is 0.532. The summed E-state index contributed by atoms with van der Waals surface area (Å²) >= 11 is 3.27. The summed E-state index contributed by atoms with van der Waals surface area (Å²) in [5, 5.41) is 6.08. The Labute approximate surface area is 190 Å². The summed E-state index contributed by atoms with van der Waals surface area (Å²) in [6.07, 6.45) is 2.08. The topological polar surface area (TPSA) is 69.5 Å². The number of aliphatic imine (C=N–C) groups is 1. The first-order chi connectivity index (χ1) is 15.2. The summed E-state index contributed by atoms with van der Waals surface area (Å²) in [6, 6.07) is 14.4. The van der Waals surface area contributed by atoms with E-state index >= 15 is 0 Å². The predicted octanol–water partition coefficient (Wildman–Crippen LogP) is 3.74. The van der Waals surface area contributed by atoms with Crippen molar-refractivity contribution in [2.24, 2.45) is 4.99 Å². The largest absolute Gasteiger partial charge is 0.338 e. The van der Waals surface area contributed by atoms with Crippen molar-refractivity contribution in [1.82, 2.24) is 19.9 Å². The lowest BCUT2D eigenvalue weighted by Crippen LogP contribution is -2.45. The fourth-order valence-electron chi connectivity index (χ4n) is 3.42. The zero-order valence-electron chi connectivity index (χ0n) is 17.2. The average Bonchev–Trinajstić information content (AvgIpc) is 3.47. The molecule has 4 heterocycles. The number of likely N-dealkylation sites (N-methyl/N-ethyl adjacent to an activating group) is 1. The highest BCUT2D eigenvalue weighted by atomic mass is 32.2. The molecule has 7 nitrogen and oxygen atoms in total. The molecule has 1 aromatic carbocycles.